The zero-order chi connectivity index (χ0) is 18.0. The van der Waals surface area contributed by atoms with Gasteiger partial charge < -0.3 is 4.74 Å². The van der Waals surface area contributed by atoms with E-state index in [0.29, 0.717) is 5.90 Å². The maximum absolute atomic E-state index is 5.94. The first kappa shape index (κ1) is 18.4. The van der Waals surface area contributed by atoms with E-state index < -0.39 is 0 Å². The second-order valence-corrected chi connectivity index (χ2v) is 7.68. The van der Waals surface area contributed by atoms with Gasteiger partial charge in [-0.25, -0.2) is 4.99 Å². The molecule has 3 aromatic rings. The topological polar surface area (TPSA) is 21.6 Å². The largest absolute Gasteiger partial charge is 0.439 e. The molecule has 0 fully saturated rings. The lowest BCUT2D eigenvalue weighted by molar-refractivity contribution is 0.556. The fraction of sp³-hybridized carbons (Fsp3) is 0.0455. The molecule has 0 aromatic heterocycles. The van der Waals surface area contributed by atoms with Gasteiger partial charge in [0.1, 0.15) is 5.75 Å². The molecule has 0 aliphatic rings. The minimum Gasteiger partial charge on any atom is -0.439 e. The molecule has 0 saturated carbocycles. The molecule has 0 unspecified atom stereocenters. The molecule has 0 bridgehead atoms. The normalized spacial score (nSPS) is 11.7. The average Bonchev–Trinajstić information content (AvgIpc) is 2.68. The van der Waals surface area contributed by atoms with Crippen LogP contribution in [-0.2, 0) is 0 Å². The summed E-state index contributed by atoms with van der Waals surface area (Å²) in [5, 5.41) is 1.99. The van der Waals surface area contributed by atoms with Crippen LogP contribution in [0.5, 0.6) is 5.75 Å². The lowest BCUT2D eigenvalue weighted by Gasteiger charge is -2.06. The maximum Gasteiger partial charge on any atom is 0.220 e. The molecule has 2 nitrogen and oxygen atoms in total. The standard InChI is InChI=1S/C22H19NOS2/c1-18-12-14-19(15-13-18)23-22(24-20-8-4-2-5-9-20)16-17-25-26-21-10-6-3-7-11-21/h2-17H,1H3/b17-16+,23-22?. The van der Waals surface area contributed by atoms with Gasteiger partial charge in [0.2, 0.25) is 5.90 Å². The van der Waals surface area contributed by atoms with Crippen LogP contribution in [0.2, 0.25) is 0 Å². The Bertz CT molecular complexity index is 860. The zero-order valence-electron chi connectivity index (χ0n) is 14.4. The summed E-state index contributed by atoms with van der Waals surface area (Å²) < 4.78 is 5.94. The van der Waals surface area contributed by atoms with Gasteiger partial charge in [-0.3, -0.25) is 0 Å². The van der Waals surface area contributed by atoms with Gasteiger partial charge in [-0.1, -0.05) is 75.7 Å². The molecule has 0 amide bonds. The molecule has 0 spiro atoms. The van der Waals surface area contributed by atoms with E-state index in [1.54, 1.807) is 21.6 Å². The number of hydrogen-bond acceptors (Lipinski definition) is 4. The van der Waals surface area contributed by atoms with E-state index >= 15 is 0 Å². The summed E-state index contributed by atoms with van der Waals surface area (Å²) in [6.45, 7) is 2.06. The van der Waals surface area contributed by atoms with Crippen LogP contribution in [0.15, 0.2) is 106 Å². The number of ether oxygens (including phenoxy) is 1. The molecular weight excluding hydrogens is 358 g/mol. The third kappa shape index (κ3) is 6.14. The fourth-order valence-electron chi connectivity index (χ4n) is 2.10. The molecule has 3 rings (SSSR count). The summed E-state index contributed by atoms with van der Waals surface area (Å²) in [5.74, 6) is 1.32. The second-order valence-electron chi connectivity index (χ2n) is 5.50. The van der Waals surface area contributed by atoms with Crippen molar-refractivity contribution >= 4 is 33.2 Å². The highest BCUT2D eigenvalue weighted by Crippen LogP contribution is 2.31. The second kappa shape index (κ2) is 9.90. The van der Waals surface area contributed by atoms with E-state index in [-0.39, 0.29) is 0 Å². The van der Waals surface area contributed by atoms with Gasteiger partial charge in [0.05, 0.1) is 5.69 Å². The number of aryl methyl sites for hydroxylation is 1. The van der Waals surface area contributed by atoms with Gasteiger partial charge in [-0.2, -0.15) is 0 Å². The van der Waals surface area contributed by atoms with E-state index in [9.17, 15) is 0 Å². The molecule has 0 aliphatic carbocycles. The van der Waals surface area contributed by atoms with E-state index in [1.807, 2.05) is 84.3 Å². The highest BCUT2D eigenvalue weighted by atomic mass is 33.1. The molecule has 0 saturated heterocycles. The predicted octanol–water partition coefficient (Wildman–Crippen LogP) is 7.06. The lowest BCUT2D eigenvalue weighted by Crippen LogP contribution is -2.04. The summed E-state index contributed by atoms with van der Waals surface area (Å²) in [6, 6.07) is 28.0. The smallest absolute Gasteiger partial charge is 0.220 e. The number of para-hydroxylation sites is 1. The van der Waals surface area contributed by atoms with Crippen molar-refractivity contribution in [3.05, 3.63) is 102 Å². The third-order valence-corrected chi connectivity index (χ3v) is 5.40. The Kier molecular flexibility index (Phi) is 6.99. The molecule has 0 radical (unpaired) electrons. The van der Waals surface area contributed by atoms with Crippen LogP contribution in [-0.4, -0.2) is 5.90 Å². The predicted molar refractivity (Wildman–Crippen MR) is 114 cm³/mol. The van der Waals surface area contributed by atoms with Crippen LogP contribution in [0.1, 0.15) is 5.56 Å². The quantitative estimate of drug-likeness (QED) is 0.261. The molecule has 130 valence electrons. The van der Waals surface area contributed by atoms with Crippen LogP contribution < -0.4 is 4.74 Å². The van der Waals surface area contributed by atoms with E-state index in [0.717, 1.165) is 11.4 Å². The molecular formula is C22H19NOS2. The first-order chi connectivity index (χ1) is 12.8. The minimum atomic E-state index is 0.557. The molecule has 0 heterocycles. The van der Waals surface area contributed by atoms with Crippen molar-refractivity contribution in [2.24, 2.45) is 4.99 Å². The highest BCUT2D eigenvalue weighted by molar-refractivity contribution is 8.77. The van der Waals surface area contributed by atoms with Crippen molar-refractivity contribution in [3.63, 3.8) is 0 Å². The van der Waals surface area contributed by atoms with Crippen LogP contribution in [0.3, 0.4) is 0 Å². The first-order valence-electron chi connectivity index (χ1n) is 8.23. The number of aliphatic imine (C=N–C) groups is 1. The number of rotatable bonds is 6. The van der Waals surface area contributed by atoms with Gasteiger partial charge in [0.15, 0.2) is 0 Å². The zero-order valence-corrected chi connectivity index (χ0v) is 16.0. The van der Waals surface area contributed by atoms with Crippen molar-refractivity contribution in [3.8, 4) is 5.75 Å². The van der Waals surface area contributed by atoms with Crippen molar-refractivity contribution in [2.75, 3.05) is 0 Å². The van der Waals surface area contributed by atoms with Gasteiger partial charge in [0.25, 0.3) is 0 Å². The van der Waals surface area contributed by atoms with Crippen molar-refractivity contribution in [1.82, 2.24) is 0 Å². The molecule has 3 aromatic carbocycles. The molecule has 0 N–H and O–H groups in total. The highest BCUT2D eigenvalue weighted by Gasteiger charge is 2.00. The number of nitrogens with zero attached hydrogens (tertiary/aromatic N) is 1. The maximum atomic E-state index is 5.94. The molecule has 0 aliphatic heterocycles. The summed E-state index contributed by atoms with van der Waals surface area (Å²) in [5.41, 5.74) is 2.08. The van der Waals surface area contributed by atoms with Gasteiger partial charge in [-0.05, 0) is 48.7 Å². The summed E-state index contributed by atoms with van der Waals surface area (Å²) in [7, 11) is 3.33. The van der Waals surface area contributed by atoms with Crippen LogP contribution >= 0.6 is 21.6 Å². The molecule has 0 atom stereocenters. The Hall–Kier alpha value is -2.43. The van der Waals surface area contributed by atoms with Crippen molar-refractivity contribution in [1.29, 1.82) is 0 Å². The SMILES string of the molecule is Cc1ccc(N=C(/C=C/SSc2ccccc2)Oc2ccccc2)cc1. The van der Waals surface area contributed by atoms with Gasteiger partial charge in [-0.15, -0.1) is 0 Å². The molecule has 4 heteroatoms. The summed E-state index contributed by atoms with van der Waals surface area (Å²) in [4.78, 5) is 5.84. The van der Waals surface area contributed by atoms with E-state index in [4.69, 9.17) is 4.74 Å². The van der Waals surface area contributed by atoms with Crippen LogP contribution in [0, 0.1) is 6.92 Å². The average molecular weight is 378 g/mol. The fourth-order valence-corrected chi connectivity index (χ4v) is 3.70. The van der Waals surface area contributed by atoms with E-state index in [2.05, 4.69) is 24.0 Å². The first-order valence-corrected chi connectivity index (χ1v) is 10.4. The van der Waals surface area contributed by atoms with Crippen LogP contribution in [0.25, 0.3) is 0 Å². The van der Waals surface area contributed by atoms with Gasteiger partial charge >= 0.3 is 0 Å². The van der Waals surface area contributed by atoms with E-state index in [1.165, 1.54) is 10.5 Å². The van der Waals surface area contributed by atoms with Crippen molar-refractivity contribution in [2.45, 2.75) is 11.8 Å². The summed E-state index contributed by atoms with van der Waals surface area (Å²) >= 11 is 0. The minimum absolute atomic E-state index is 0.557. The number of hydrogen-bond donors (Lipinski definition) is 0. The lowest BCUT2D eigenvalue weighted by atomic mass is 10.2. The Morgan fingerprint density at radius 3 is 2.19 bits per heavy atom. The summed E-state index contributed by atoms with van der Waals surface area (Å²) in [6.07, 6.45) is 1.90. The Morgan fingerprint density at radius 1 is 0.846 bits per heavy atom. The Labute approximate surface area is 162 Å². The Morgan fingerprint density at radius 2 is 1.50 bits per heavy atom. The number of benzene rings is 3. The van der Waals surface area contributed by atoms with Gasteiger partial charge in [0, 0.05) is 11.0 Å². The Balaban J connectivity index is 1.71. The monoisotopic (exact) mass is 377 g/mol. The molecule has 26 heavy (non-hydrogen) atoms. The van der Waals surface area contributed by atoms with Crippen molar-refractivity contribution < 1.29 is 4.74 Å². The van der Waals surface area contributed by atoms with Crippen LogP contribution in [0.4, 0.5) is 5.69 Å². The third-order valence-electron chi connectivity index (χ3n) is 3.39.